The van der Waals surface area contributed by atoms with E-state index in [-0.39, 0.29) is 17.9 Å². The molecule has 1 atom stereocenters. The number of carbonyl (C=O) groups excluding carboxylic acids is 2. The molecule has 1 unspecified atom stereocenters. The summed E-state index contributed by atoms with van der Waals surface area (Å²) in [6.45, 7) is 1.06. The van der Waals surface area contributed by atoms with E-state index in [0.29, 0.717) is 36.5 Å². The molecule has 35 heavy (non-hydrogen) atoms. The van der Waals surface area contributed by atoms with Crippen LogP contribution in [0.2, 0.25) is 5.02 Å². The van der Waals surface area contributed by atoms with Crippen LogP contribution in [0.5, 0.6) is 0 Å². The van der Waals surface area contributed by atoms with Crippen LogP contribution in [0, 0.1) is 5.41 Å². The maximum absolute atomic E-state index is 13.7. The van der Waals surface area contributed by atoms with Crippen LogP contribution in [-0.2, 0) is 4.79 Å². The molecule has 2 fully saturated rings. The first-order valence-corrected chi connectivity index (χ1v) is 12.2. The van der Waals surface area contributed by atoms with Gasteiger partial charge in [0.2, 0.25) is 5.91 Å². The fourth-order valence-electron chi connectivity index (χ4n) is 5.59. The number of hydrogen-bond acceptors (Lipinski definition) is 3. The Morgan fingerprint density at radius 1 is 0.914 bits per heavy atom. The molecule has 2 saturated heterocycles. The summed E-state index contributed by atoms with van der Waals surface area (Å²) in [6, 6.07) is 27.2. The van der Waals surface area contributed by atoms with Crippen LogP contribution in [-0.4, -0.2) is 34.8 Å². The predicted molar refractivity (Wildman–Crippen MR) is 137 cm³/mol. The average Bonchev–Trinajstić information content (AvgIpc) is 2.92. The maximum atomic E-state index is 13.7. The van der Waals surface area contributed by atoms with Gasteiger partial charge in [-0.2, -0.15) is 0 Å². The van der Waals surface area contributed by atoms with E-state index in [1.807, 2.05) is 94.7 Å². The van der Waals surface area contributed by atoms with Crippen LogP contribution in [0.15, 0.2) is 91.1 Å². The lowest BCUT2D eigenvalue weighted by molar-refractivity contribution is -0.144. The topological polar surface area (TPSA) is 53.5 Å². The number of piperidine rings is 1. The number of para-hydroxylation sites is 2. The van der Waals surface area contributed by atoms with Crippen LogP contribution in [0.1, 0.15) is 34.8 Å². The fourth-order valence-corrected chi connectivity index (χ4v) is 5.72. The summed E-state index contributed by atoms with van der Waals surface area (Å²) in [5.74, 6) is 0.0935. The Hall–Kier alpha value is -3.70. The standard InChI is InChI=1S/C29H24ClN3O2/c30-23-12-10-20(11-13-23)26-29(28(35)33(26)24-7-2-1-3-8-24)14-16-32(17-15-29)27(34)22-18-21-6-4-5-9-25(21)31-19-22/h1-13,18-19,26H,14-17H2. The first kappa shape index (κ1) is 21.8. The third-order valence-electron chi connectivity index (χ3n) is 7.43. The number of fused-ring (bicyclic) bond motifs is 1. The lowest BCUT2D eigenvalue weighted by atomic mass is 9.62. The second-order valence-electron chi connectivity index (χ2n) is 9.33. The Labute approximate surface area is 209 Å². The molecule has 3 aromatic carbocycles. The van der Waals surface area contributed by atoms with Crippen molar-refractivity contribution in [2.75, 3.05) is 18.0 Å². The van der Waals surface area contributed by atoms with Crippen LogP contribution < -0.4 is 4.90 Å². The number of pyridine rings is 1. The van der Waals surface area contributed by atoms with Crippen molar-refractivity contribution in [3.63, 3.8) is 0 Å². The second kappa shape index (κ2) is 8.51. The van der Waals surface area contributed by atoms with Gasteiger partial charge in [0, 0.05) is 35.4 Å². The number of amides is 2. The fraction of sp³-hybridized carbons (Fsp3) is 0.207. The molecular weight excluding hydrogens is 458 g/mol. The summed E-state index contributed by atoms with van der Waals surface area (Å²) in [7, 11) is 0. The molecule has 5 nitrogen and oxygen atoms in total. The number of β-lactam (4-membered cyclic amide) rings is 1. The molecule has 6 heteroatoms. The number of nitrogens with zero attached hydrogens (tertiary/aromatic N) is 3. The Morgan fingerprint density at radius 3 is 2.34 bits per heavy atom. The van der Waals surface area contributed by atoms with Gasteiger partial charge in [-0.25, -0.2) is 0 Å². The molecule has 3 heterocycles. The number of likely N-dealkylation sites (tertiary alicyclic amines) is 1. The van der Waals surface area contributed by atoms with Gasteiger partial charge in [0.25, 0.3) is 5.91 Å². The quantitative estimate of drug-likeness (QED) is 0.342. The number of carbonyl (C=O) groups is 2. The number of anilines is 1. The van der Waals surface area contributed by atoms with Gasteiger partial charge in [-0.1, -0.05) is 60.1 Å². The molecule has 0 N–H and O–H groups in total. The van der Waals surface area contributed by atoms with Gasteiger partial charge >= 0.3 is 0 Å². The normalized spacial score (nSPS) is 19.1. The van der Waals surface area contributed by atoms with Crippen LogP contribution >= 0.6 is 11.6 Å². The van der Waals surface area contributed by atoms with Gasteiger partial charge < -0.3 is 9.80 Å². The zero-order chi connectivity index (χ0) is 24.0. The van der Waals surface area contributed by atoms with E-state index in [2.05, 4.69) is 4.98 Å². The molecule has 0 bridgehead atoms. The molecule has 2 aliphatic heterocycles. The highest BCUT2D eigenvalue weighted by atomic mass is 35.5. The van der Waals surface area contributed by atoms with Crippen molar-refractivity contribution in [2.45, 2.75) is 18.9 Å². The number of halogens is 1. The summed E-state index contributed by atoms with van der Waals surface area (Å²) >= 11 is 6.16. The average molecular weight is 482 g/mol. The number of benzene rings is 3. The molecule has 0 saturated carbocycles. The third-order valence-corrected chi connectivity index (χ3v) is 7.68. The van der Waals surface area contributed by atoms with Crippen LogP contribution in [0.25, 0.3) is 10.9 Å². The summed E-state index contributed by atoms with van der Waals surface area (Å²) in [6.07, 6.45) is 2.89. The number of hydrogen-bond donors (Lipinski definition) is 0. The van der Waals surface area contributed by atoms with E-state index in [9.17, 15) is 9.59 Å². The highest BCUT2D eigenvalue weighted by Crippen LogP contribution is 2.57. The second-order valence-corrected chi connectivity index (χ2v) is 9.77. The molecule has 2 aliphatic rings. The summed E-state index contributed by atoms with van der Waals surface area (Å²) in [5, 5.41) is 1.62. The maximum Gasteiger partial charge on any atom is 0.255 e. The highest BCUT2D eigenvalue weighted by molar-refractivity contribution is 6.30. The van der Waals surface area contributed by atoms with Gasteiger partial charge in [-0.15, -0.1) is 0 Å². The molecule has 2 amide bonds. The van der Waals surface area contributed by atoms with E-state index in [1.165, 1.54) is 0 Å². The van der Waals surface area contributed by atoms with Crippen molar-refractivity contribution in [1.82, 2.24) is 9.88 Å². The molecule has 1 aromatic heterocycles. The first-order valence-electron chi connectivity index (χ1n) is 11.9. The van der Waals surface area contributed by atoms with Gasteiger partial charge in [0.15, 0.2) is 0 Å². The van der Waals surface area contributed by atoms with Crippen LogP contribution in [0.3, 0.4) is 0 Å². The van der Waals surface area contributed by atoms with E-state index < -0.39 is 5.41 Å². The summed E-state index contributed by atoms with van der Waals surface area (Å²) in [4.78, 5) is 35.2. The van der Waals surface area contributed by atoms with Crippen molar-refractivity contribution in [3.05, 3.63) is 107 Å². The van der Waals surface area contributed by atoms with Gasteiger partial charge in [-0.05, 0) is 54.8 Å². The Morgan fingerprint density at radius 2 is 1.60 bits per heavy atom. The monoisotopic (exact) mass is 481 g/mol. The molecule has 0 radical (unpaired) electrons. The largest absolute Gasteiger partial charge is 0.339 e. The molecule has 1 spiro atoms. The summed E-state index contributed by atoms with van der Waals surface area (Å²) in [5.41, 5.74) is 2.88. The molecular formula is C29H24ClN3O2. The minimum Gasteiger partial charge on any atom is -0.339 e. The van der Waals surface area contributed by atoms with Gasteiger partial charge in [0.05, 0.1) is 22.5 Å². The Kier molecular flexibility index (Phi) is 5.30. The minimum absolute atomic E-state index is 0.0344. The van der Waals surface area contributed by atoms with E-state index in [4.69, 9.17) is 11.6 Å². The van der Waals surface area contributed by atoms with Crippen molar-refractivity contribution >= 4 is 40.0 Å². The molecule has 0 aliphatic carbocycles. The van der Waals surface area contributed by atoms with Gasteiger partial charge in [0.1, 0.15) is 0 Å². The number of rotatable bonds is 3. The molecule has 174 valence electrons. The zero-order valence-electron chi connectivity index (χ0n) is 19.1. The Balaban J connectivity index is 1.27. The first-order chi connectivity index (χ1) is 17.1. The van der Waals surface area contributed by atoms with E-state index in [0.717, 1.165) is 22.2 Å². The Bertz CT molecular complexity index is 1410. The molecule has 4 aromatic rings. The van der Waals surface area contributed by atoms with Crippen LogP contribution in [0.4, 0.5) is 5.69 Å². The predicted octanol–water partition coefficient (Wildman–Crippen LogP) is 5.90. The van der Waals surface area contributed by atoms with Gasteiger partial charge in [-0.3, -0.25) is 14.6 Å². The van der Waals surface area contributed by atoms with Crippen molar-refractivity contribution < 1.29 is 9.59 Å². The minimum atomic E-state index is -0.526. The third kappa shape index (κ3) is 3.58. The van der Waals surface area contributed by atoms with E-state index in [1.54, 1.807) is 6.20 Å². The zero-order valence-corrected chi connectivity index (χ0v) is 19.9. The lowest BCUT2D eigenvalue weighted by Crippen LogP contribution is -2.67. The lowest BCUT2D eigenvalue weighted by Gasteiger charge is -2.59. The van der Waals surface area contributed by atoms with Crippen molar-refractivity contribution in [1.29, 1.82) is 0 Å². The van der Waals surface area contributed by atoms with Crippen molar-refractivity contribution in [3.8, 4) is 0 Å². The SMILES string of the molecule is O=C(c1cnc2ccccc2c1)N1CCC2(CC1)C(=O)N(c1ccccc1)C2c1ccc(Cl)cc1. The summed E-state index contributed by atoms with van der Waals surface area (Å²) < 4.78 is 0. The van der Waals surface area contributed by atoms with Crippen molar-refractivity contribution in [2.24, 2.45) is 5.41 Å². The molecule has 6 rings (SSSR count). The smallest absolute Gasteiger partial charge is 0.255 e. The highest BCUT2D eigenvalue weighted by Gasteiger charge is 2.62. The van der Waals surface area contributed by atoms with E-state index >= 15 is 0 Å². The number of aromatic nitrogens is 1.